The number of benzene rings is 2. The third kappa shape index (κ3) is 4.47. The van der Waals surface area contributed by atoms with E-state index in [4.69, 9.17) is 20.0 Å². The largest absolute Gasteiger partial charge is 0.493 e. The van der Waals surface area contributed by atoms with Crippen molar-refractivity contribution in [3.63, 3.8) is 0 Å². The average molecular weight is 314 g/mol. The summed E-state index contributed by atoms with van der Waals surface area (Å²) in [4.78, 5) is 16.2. The summed E-state index contributed by atoms with van der Waals surface area (Å²) >= 11 is 0. The van der Waals surface area contributed by atoms with Gasteiger partial charge in [0.1, 0.15) is 6.61 Å². The van der Waals surface area contributed by atoms with Gasteiger partial charge in [0, 0.05) is 11.1 Å². The van der Waals surface area contributed by atoms with Crippen LogP contribution in [0.1, 0.15) is 21.5 Å². The summed E-state index contributed by atoms with van der Waals surface area (Å²) in [5.41, 5.74) is 7.36. The number of nitrogens with zero attached hydrogens (tertiary/aromatic N) is 1. The van der Waals surface area contributed by atoms with Crippen molar-refractivity contribution in [1.29, 1.82) is 0 Å². The minimum atomic E-state index is -0.455. The number of oxime groups is 1. The van der Waals surface area contributed by atoms with E-state index in [0.29, 0.717) is 23.7 Å². The Labute approximate surface area is 134 Å². The fourth-order valence-corrected chi connectivity index (χ4v) is 1.91. The lowest BCUT2D eigenvalue weighted by Crippen LogP contribution is -2.10. The van der Waals surface area contributed by atoms with E-state index in [1.165, 1.54) is 0 Å². The van der Waals surface area contributed by atoms with Gasteiger partial charge in [-0.05, 0) is 35.9 Å². The van der Waals surface area contributed by atoms with E-state index in [1.54, 1.807) is 56.8 Å². The predicted molar refractivity (Wildman–Crippen MR) is 86.9 cm³/mol. The smallest absolute Gasteiger partial charge is 0.248 e. The topological polar surface area (TPSA) is 83.1 Å². The van der Waals surface area contributed by atoms with Gasteiger partial charge in [0.15, 0.2) is 11.5 Å². The first-order chi connectivity index (χ1) is 11.1. The molecule has 0 aliphatic carbocycles. The van der Waals surface area contributed by atoms with Crippen molar-refractivity contribution in [3.8, 4) is 11.5 Å². The maximum atomic E-state index is 11.0. The van der Waals surface area contributed by atoms with Crippen molar-refractivity contribution in [1.82, 2.24) is 0 Å². The van der Waals surface area contributed by atoms with Gasteiger partial charge in [0.2, 0.25) is 5.91 Å². The Morgan fingerprint density at radius 3 is 2.39 bits per heavy atom. The van der Waals surface area contributed by atoms with Crippen LogP contribution in [0.3, 0.4) is 0 Å². The van der Waals surface area contributed by atoms with E-state index in [1.807, 2.05) is 6.07 Å². The summed E-state index contributed by atoms with van der Waals surface area (Å²) in [6.07, 6.45) is 1.58. The van der Waals surface area contributed by atoms with Gasteiger partial charge in [0.25, 0.3) is 0 Å². The Balaban J connectivity index is 1.93. The average Bonchev–Trinajstić information content (AvgIpc) is 2.58. The molecule has 6 nitrogen and oxygen atoms in total. The molecule has 1 amide bonds. The third-order valence-electron chi connectivity index (χ3n) is 3.15. The highest BCUT2D eigenvalue weighted by Gasteiger charge is 2.03. The van der Waals surface area contributed by atoms with Crippen molar-refractivity contribution in [2.24, 2.45) is 10.9 Å². The summed E-state index contributed by atoms with van der Waals surface area (Å²) in [7, 11) is 3.16. The number of hydrogen-bond donors (Lipinski definition) is 1. The Morgan fingerprint density at radius 1 is 1.09 bits per heavy atom. The molecule has 0 aliphatic heterocycles. The van der Waals surface area contributed by atoms with E-state index < -0.39 is 5.91 Å². The summed E-state index contributed by atoms with van der Waals surface area (Å²) < 4.78 is 10.4. The molecule has 2 rings (SSSR count). The van der Waals surface area contributed by atoms with Crippen LogP contribution in [-0.4, -0.2) is 26.3 Å². The van der Waals surface area contributed by atoms with Crippen molar-refractivity contribution >= 4 is 12.1 Å². The lowest BCUT2D eigenvalue weighted by atomic mass is 10.1. The number of nitrogens with two attached hydrogens (primary N) is 1. The maximum Gasteiger partial charge on any atom is 0.248 e. The first-order valence-corrected chi connectivity index (χ1v) is 6.90. The molecule has 0 aromatic heterocycles. The Kier molecular flexibility index (Phi) is 5.57. The highest BCUT2D eigenvalue weighted by molar-refractivity contribution is 5.92. The number of rotatable bonds is 7. The number of carbonyl (C=O) groups excluding carboxylic acids is 1. The van der Waals surface area contributed by atoms with Crippen LogP contribution in [0.15, 0.2) is 47.6 Å². The van der Waals surface area contributed by atoms with Gasteiger partial charge >= 0.3 is 0 Å². The standard InChI is InChI=1S/C17H18N2O4/c1-21-15-8-5-13(9-16(15)22-2)10-19-23-11-12-3-6-14(7-4-12)17(18)20/h3-10H,11H2,1-2H3,(H2,18,20)/b19-10+. The molecule has 2 aromatic carbocycles. The molecule has 0 saturated heterocycles. The monoisotopic (exact) mass is 314 g/mol. The fourth-order valence-electron chi connectivity index (χ4n) is 1.91. The quantitative estimate of drug-likeness (QED) is 0.628. The number of amides is 1. The molecule has 2 N–H and O–H groups in total. The molecule has 0 atom stereocenters. The second-order valence-electron chi connectivity index (χ2n) is 4.68. The normalized spacial score (nSPS) is 10.5. The zero-order chi connectivity index (χ0) is 16.7. The second-order valence-corrected chi connectivity index (χ2v) is 4.68. The number of hydrogen-bond acceptors (Lipinski definition) is 5. The minimum absolute atomic E-state index is 0.294. The molecule has 120 valence electrons. The molecular weight excluding hydrogens is 296 g/mol. The van der Waals surface area contributed by atoms with Gasteiger partial charge in [-0.3, -0.25) is 4.79 Å². The molecule has 0 fully saturated rings. The fraction of sp³-hybridized carbons (Fsp3) is 0.176. The Bertz CT molecular complexity index is 696. The molecular formula is C17H18N2O4. The predicted octanol–water partition coefficient (Wildman–Crippen LogP) is 2.35. The van der Waals surface area contributed by atoms with Crippen LogP contribution < -0.4 is 15.2 Å². The van der Waals surface area contributed by atoms with E-state index in [2.05, 4.69) is 5.16 Å². The first kappa shape index (κ1) is 16.4. The van der Waals surface area contributed by atoms with E-state index >= 15 is 0 Å². The first-order valence-electron chi connectivity index (χ1n) is 6.90. The lowest BCUT2D eigenvalue weighted by Gasteiger charge is -2.07. The van der Waals surface area contributed by atoms with Gasteiger partial charge in [-0.15, -0.1) is 0 Å². The van der Waals surface area contributed by atoms with E-state index in [9.17, 15) is 4.79 Å². The molecule has 0 radical (unpaired) electrons. The van der Waals surface area contributed by atoms with E-state index in [-0.39, 0.29) is 0 Å². The molecule has 6 heteroatoms. The van der Waals surface area contributed by atoms with Crippen LogP contribution in [0.4, 0.5) is 0 Å². The number of carbonyl (C=O) groups is 1. The third-order valence-corrected chi connectivity index (χ3v) is 3.15. The molecule has 23 heavy (non-hydrogen) atoms. The molecule has 0 heterocycles. The minimum Gasteiger partial charge on any atom is -0.493 e. The summed E-state index contributed by atoms with van der Waals surface area (Å²) in [5, 5.41) is 3.91. The molecule has 0 spiro atoms. The summed E-state index contributed by atoms with van der Waals surface area (Å²) in [5.74, 6) is 0.822. The molecule has 2 aromatic rings. The lowest BCUT2D eigenvalue weighted by molar-refractivity contribution is 0.1000. The second kappa shape index (κ2) is 7.84. The van der Waals surface area contributed by atoms with Gasteiger partial charge in [-0.1, -0.05) is 17.3 Å². The van der Waals surface area contributed by atoms with Gasteiger partial charge < -0.3 is 20.0 Å². The van der Waals surface area contributed by atoms with Gasteiger partial charge in [-0.2, -0.15) is 0 Å². The van der Waals surface area contributed by atoms with Crippen LogP contribution in [0.2, 0.25) is 0 Å². The maximum absolute atomic E-state index is 11.0. The van der Waals surface area contributed by atoms with Crippen LogP contribution in [0.25, 0.3) is 0 Å². The molecule has 0 saturated carbocycles. The van der Waals surface area contributed by atoms with Crippen LogP contribution in [0.5, 0.6) is 11.5 Å². The number of ether oxygens (including phenoxy) is 2. The molecule has 0 unspecified atom stereocenters. The highest BCUT2D eigenvalue weighted by atomic mass is 16.6. The molecule has 0 bridgehead atoms. The number of methoxy groups -OCH3 is 2. The Hall–Kier alpha value is -3.02. The van der Waals surface area contributed by atoms with Crippen LogP contribution >= 0.6 is 0 Å². The van der Waals surface area contributed by atoms with Crippen molar-refractivity contribution in [2.45, 2.75) is 6.61 Å². The zero-order valence-electron chi connectivity index (χ0n) is 13.0. The summed E-state index contributed by atoms with van der Waals surface area (Å²) in [6, 6.07) is 12.3. The SMILES string of the molecule is COc1ccc(/C=N/OCc2ccc(C(N)=O)cc2)cc1OC. The Morgan fingerprint density at radius 2 is 1.78 bits per heavy atom. The van der Waals surface area contributed by atoms with Gasteiger partial charge in [-0.25, -0.2) is 0 Å². The van der Waals surface area contributed by atoms with E-state index in [0.717, 1.165) is 11.1 Å². The molecule has 0 aliphatic rings. The van der Waals surface area contributed by atoms with Crippen molar-refractivity contribution < 1.29 is 19.1 Å². The number of primary amides is 1. The zero-order valence-corrected chi connectivity index (χ0v) is 13.0. The van der Waals surface area contributed by atoms with Gasteiger partial charge in [0.05, 0.1) is 20.4 Å². The van der Waals surface area contributed by atoms with Crippen LogP contribution in [0, 0.1) is 0 Å². The highest BCUT2D eigenvalue weighted by Crippen LogP contribution is 2.26. The summed E-state index contributed by atoms with van der Waals surface area (Å²) in [6.45, 7) is 0.294. The van der Waals surface area contributed by atoms with Crippen molar-refractivity contribution in [2.75, 3.05) is 14.2 Å². The van der Waals surface area contributed by atoms with Crippen LogP contribution in [-0.2, 0) is 11.4 Å². The van der Waals surface area contributed by atoms with Crippen molar-refractivity contribution in [3.05, 3.63) is 59.2 Å².